The monoisotopic (exact) mass is 281 g/mol. The highest BCUT2D eigenvalue weighted by molar-refractivity contribution is 5.33. The van der Waals surface area contributed by atoms with Gasteiger partial charge in [-0.1, -0.05) is 12.1 Å². The highest BCUT2D eigenvalue weighted by Gasteiger charge is 2.01. The standard InChI is InChI=1S/C14H17F2N3O/c15-14(16)11-20-9-7-17-10-12-2-4-13(5-3-12)19-8-1-6-18-19/h1-6,8,14,17H,7,9-11H2. The topological polar surface area (TPSA) is 39.1 Å². The zero-order valence-electron chi connectivity index (χ0n) is 11.0. The molecule has 0 unspecified atom stereocenters. The molecule has 1 aromatic heterocycles. The minimum absolute atomic E-state index is 0.287. The van der Waals surface area contributed by atoms with Gasteiger partial charge in [0.25, 0.3) is 6.43 Å². The third-order valence-electron chi connectivity index (χ3n) is 2.70. The van der Waals surface area contributed by atoms with E-state index in [0.29, 0.717) is 13.1 Å². The van der Waals surface area contributed by atoms with Gasteiger partial charge in [-0.2, -0.15) is 5.10 Å². The van der Waals surface area contributed by atoms with Gasteiger partial charge < -0.3 is 10.1 Å². The van der Waals surface area contributed by atoms with Gasteiger partial charge in [0.1, 0.15) is 6.61 Å². The molecular weight excluding hydrogens is 264 g/mol. The van der Waals surface area contributed by atoms with Crippen molar-refractivity contribution in [3.8, 4) is 5.69 Å². The van der Waals surface area contributed by atoms with E-state index >= 15 is 0 Å². The first kappa shape index (κ1) is 14.6. The zero-order valence-corrected chi connectivity index (χ0v) is 11.0. The molecule has 0 radical (unpaired) electrons. The van der Waals surface area contributed by atoms with Gasteiger partial charge in [0.15, 0.2) is 0 Å². The lowest BCUT2D eigenvalue weighted by Gasteiger charge is -2.07. The van der Waals surface area contributed by atoms with Crippen LogP contribution in [0.25, 0.3) is 5.69 Å². The first-order valence-electron chi connectivity index (χ1n) is 6.41. The lowest BCUT2D eigenvalue weighted by Crippen LogP contribution is -2.20. The Bertz CT molecular complexity index is 486. The summed E-state index contributed by atoms with van der Waals surface area (Å²) in [5.41, 5.74) is 2.12. The van der Waals surface area contributed by atoms with Crippen molar-refractivity contribution in [3.05, 3.63) is 48.3 Å². The molecule has 0 aliphatic heterocycles. The van der Waals surface area contributed by atoms with Crippen LogP contribution in [0, 0.1) is 0 Å². The number of rotatable bonds is 8. The summed E-state index contributed by atoms with van der Waals surface area (Å²) in [5, 5.41) is 7.29. The molecule has 108 valence electrons. The minimum Gasteiger partial charge on any atom is -0.374 e. The second kappa shape index (κ2) is 7.72. The maximum atomic E-state index is 11.8. The molecule has 0 saturated heterocycles. The summed E-state index contributed by atoms with van der Waals surface area (Å²) in [4.78, 5) is 0. The Balaban J connectivity index is 1.69. The lowest BCUT2D eigenvalue weighted by molar-refractivity contribution is 0.0187. The molecule has 0 aliphatic carbocycles. The van der Waals surface area contributed by atoms with Crippen LogP contribution in [0.5, 0.6) is 0 Å². The van der Waals surface area contributed by atoms with Gasteiger partial charge in [-0.3, -0.25) is 0 Å². The number of nitrogens with one attached hydrogen (secondary N) is 1. The SMILES string of the molecule is FC(F)COCCNCc1ccc(-n2cccn2)cc1. The van der Waals surface area contributed by atoms with Gasteiger partial charge in [-0.25, -0.2) is 13.5 Å². The van der Waals surface area contributed by atoms with E-state index < -0.39 is 13.0 Å². The number of hydrogen-bond donors (Lipinski definition) is 1. The van der Waals surface area contributed by atoms with Crippen LogP contribution in [-0.4, -0.2) is 36.0 Å². The van der Waals surface area contributed by atoms with Crippen molar-refractivity contribution in [2.45, 2.75) is 13.0 Å². The summed E-state index contributed by atoms with van der Waals surface area (Å²) in [6, 6.07) is 9.84. The molecule has 1 heterocycles. The highest BCUT2D eigenvalue weighted by atomic mass is 19.3. The van der Waals surface area contributed by atoms with Crippen LogP contribution >= 0.6 is 0 Å². The van der Waals surface area contributed by atoms with E-state index in [9.17, 15) is 8.78 Å². The number of ether oxygens (including phenoxy) is 1. The quantitative estimate of drug-likeness (QED) is 0.754. The summed E-state index contributed by atoms with van der Waals surface area (Å²) >= 11 is 0. The maximum absolute atomic E-state index is 11.8. The number of nitrogens with zero attached hydrogens (tertiary/aromatic N) is 2. The van der Waals surface area contributed by atoms with E-state index in [4.69, 9.17) is 4.74 Å². The third-order valence-corrected chi connectivity index (χ3v) is 2.70. The molecule has 0 saturated carbocycles. The Kier molecular flexibility index (Phi) is 5.64. The molecule has 2 rings (SSSR count). The summed E-state index contributed by atoms with van der Waals surface area (Å²) < 4.78 is 30.2. The molecule has 20 heavy (non-hydrogen) atoms. The van der Waals surface area contributed by atoms with Crippen molar-refractivity contribution in [1.29, 1.82) is 0 Å². The fraction of sp³-hybridized carbons (Fsp3) is 0.357. The molecule has 6 heteroatoms. The van der Waals surface area contributed by atoms with Gasteiger partial charge >= 0.3 is 0 Å². The van der Waals surface area contributed by atoms with E-state index in [-0.39, 0.29) is 6.61 Å². The average molecular weight is 281 g/mol. The largest absolute Gasteiger partial charge is 0.374 e. The Labute approximate surface area is 116 Å². The van der Waals surface area contributed by atoms with Crippen molar-refractivity contribution < 1.29 is 13.5 Å². The van der Waals surface area contributed by atoms with Gasteiger partial charge in [0.05, 0.1) is 12.3 Å². The number of hydrogen-bond acceptors (Lipinski definition) is 3. The maximum Gasteiger partial charge on any atom is 0.261 e. The Morgan fingerprint density at radius 2 is 2.05 bits per heavy atom. The van der Waals surface area contributed by atoms with Crippen LogP contribution < -0.4 is 5.32 Å². The van der Waals surface area contributed by atoms with Crippen molar-refractivity contribution >= 4 is 0 Å². The first-order valence-corrected chi connectivity index (χ1v) is 6.41. The van der Waals surface area contributed by atoms with E-state index in [1.54, 1.807) is 10.9 Å². The lowest BCUT2D eigenvalue weighted by atomic mass is 10.2. The average Bonchev–Trinajstić information content (AvgIpc) is 2.97. The molecule has 0 fully saturated rings. The fourth-order valence-electron chi connectivity index (χ4n) is 1.74. The number of alkyl halides is 2. The van der Waals surface area contributed by atoms with Crippen LogP contribution in [0.1, 0.15) is 5.56 Å². The van der Waals surface area contributed by atoms with Crippen molar-refractivity contribution in [3.63, 3.8) is 0 Å². The van der Waals surface area contributed by atoms with Crippen molar-refractivity contribution in [2.75, 3.05) is 19.8 Å². The Morgan fingerprint density at radius 1 is 1.25 bits per heavy atom. The van der Waals surface area contributed by atoms with Gasteiger partial charge in [-0.15, -0.1) is 0 Å². The molecule has 1 aromatic carbocycles. The van der Waals surface area contributed by atoms with Gasteiger partial charge in [-0.05, 0) is 23.8 Å². The first-order chi connectivity index (χ1) is 9.75. The van der Waals surface area contributed by atoms with E-state index in [1.807, 2.05) is 36.5 Å². The van der Waals surface area contributed by atoms with Crippen LogP contribution in [0.4, 0.5) is 8.78 Å². The third kappa shape index (κ3) is 4.71. The van der Waals surface area contributed by atoms with Gasteiger partial charge in [0.2, 0.25) is 0 Å². The van der Waals surface area contributed by atoms with Gasteiger partial charge in [0, 0.05) is 25.5 Å². The Morgan fingerprint density at radius 3 is 2.70 bits per heavy atom. The Hall–Kier alpha value is -1.79. The molecule has 0 bridgehead atoms. The van der Waals surface area contributed by atoms with Crippen molar-refractivity contribution in [1.82, 2.24) is 15.1 Å². The summed E-state index contributed by atoms with van der Waals surface area (Å²) in [7, 11) is 0. The van der Waals surface area contributed by atoms with E-state index in [1.165, 1.54) is 0 Å². The fourth-order valence-corrected chi connectivity index (χ4v) is 1.74. The predicted octanol–water partition coefficient (Wildman–Crippen LogP) is 2.24. The number of halogens is 2. The van der Waals surface area contributed by atoms with Crippen LogP contribution in [0.15, 0.2) is 42.7 Å². The second-order valence-corrected chi connectivity index (χ2v) is 4.26. The smallest absolute Gasteiger partial charge is 0.261 e. The van der Waals surface area contributed by atoms with Crippen LogP contribution in [-0.2, 0) is 11.3 Å². The van der Waals surface area contributed by atoms with Crippen molar-refractivity contribution in [2.24, 2.45) is 0 Å². The highest BCUT2D eigenvalue weighted by Crippen LogP contribution is 2.08. The number of aromatic nitrogens is 2. The van der Waals surface area contributed by atoms with Crippen LogP contribution in [0.3, 0.4) is 0 Å². The minimum atomic E-state index is -2.40. The number of benzene rings is 1. The second-order valence-electron chi connectivity index (χ2n) is 4.26. The molecule has 0 aliphatic rings. The van der Waals surface area contributed by atoms with E-state index in [2.05, 4.69) is 10.4 Å². The summed E-state index contributed by atoms with van der Waals surface area (Å²) in [5.74, 6) is 0. The van der Waals surface area contributed by atoms with Crippen LogP contribution in [0.2, 0.25) is 0 Å². The zero-order chi connectivity index (χ0) is 14.2. The molecule has 1 N–H and O–H groups in total. The normalized spacial score (nSPS) is 11.2. The molecule has 2 aromatic rings. The van der Waals surface area contributed by atoms with E-state index in [0.717, 1.165) is 11.3 Å². The summed E-state index contributed by atoms with van der Waals surface area (Å²) in [6.45, 7) is 1.01. The molecule has 4 nitrogen and oxygen atoms in total. The molecule has 0 amide bonds. The molecule has 0 atom stereocenters. The molecular formula is C14H17F2N3O. The predicted molar refractivity (Wildman–Crippen MR) is 72.1 cm³/mol. The summed E-state index contributed by atoms with van der Waals surface area (Å²) in [6.07, 6.45) is 1.22. The molecule has 0 spiro atoms.